The van der Waals surface area contributed by atoms with E-state index >= 15 is 0 Å². The molecular weight excluding hydrogens is 509 g/mol. The van der Waals surface area contributed by atoms with Crippen LogP contribution in [0.5, 0.6) is 11.5 Å². The number of carbonyl (C=O) groups excluding carboxylic acids is 2. The summed E-state index contributed by atoms with van der Waals surface area (Å²) >= 11 is 5.67. The molecule has 11 heteroatoms. The lowest BCUT2D eigenvalue weighted by Gasteiger charge is -2.24. The van der Waals surface area contributed by atoms with Crippen LogP contribution in [0, 0.1) is 5.82 Å². The molecule has 1 unspecified atom stereocenters. The van der Waals surface area contributed by atoms with Crippen molar-refractivity contribution in [2.24, 2.45) is 5.73 Å². The van der Waals surface area contributed by atoms with Gasteiger partial charge in [-0.15, -0.1) is 0 Å². The van der Waals surface area contributed by atoms with Crippen molar-refractivity contribution in [3.63, 3.8) is 0 Å². The Labute approximate surface area is 225 Å². The van der Waals surface area contributed by atoms with Crippen LogP contribution in [0.25, 0.3) is 0 Å². The Hall–Kier alpha value is -4.09. The number of carbonyl (C=O) groups is 2. The first-order chi connectivity index (χ1) is 18.4. The summed E-state index contributed by atoms with van der Waals surface area (Å²) in [7, 11) is 1.52. The number of pyridine rings is 1. The molecular formula is C27H28FN5O4S. The molecule has 1 fully saturated rings. The zero-order valence-electron chi connectivity index (χ0n) is 20.8. The molecule has 0 bridgehead atoms. The van der Waals surface area contributed by atoms with E-state index in [1.165, 1.54) is 42.5 Å². The first-order valence-corrected chi connectivity index (χ1v) is 12.4. The maximum Gasteiger partial charge on any atom is 0.256 e. The predicted octanol–water partition coefficient (Wildman–Crippen LogP) is 3.14. The van der Waals surface area contributed by atoms with Crippen molar-refractivity contribution in [3.8, 4) is 11.5 Å². The van der Waals surface area contributed by atoms with Gasteiger partial charge in [0.15, 0.2) is 5.11 Å². The first-order valence-electron chi connectivity index (χ1n) is 12.0. The lowest BCUT2D eigenvalue weighted by atomic mass is 10.1. The Morgan fingerprint density at radius 1 is 1.11 bits per heavy atom. The summed E-state index contributed by atoms with van der Waals surface area (Å²) < 4.78 is 24.1. The highest BCUT2D eigenvalue weighted by Gasteiger charge is 2.43. The van der Waals surface area contributed by atoms with Gasteiger partial charge in [-0.3, -0.25) is 14.5 Å². The number of benzene rings is 2. The monoisotopic (exact) mass is 537 g/mol. The van der Waals surface area contributed by atoms with E-state index in [1.54, 1.807) is 17.0 Å². The van der Waals surface area contributed by atoms with E-state index in [-0.39, 0.29) is 17.4 Å². The standard InChI is InChI=1S/C27H28FN5O4S/c1-36-22-10-11-24(30-17-22)31-25(34)16-23-26(35)33(20-6-4-19(28)5-7-20)27(38)32(23)14-12-18-2-8-21(9-3-18)37-15-13-29/h2-11,17,23H,12-16,29H2,1H3,(H,30,31,34). The van der Waals surface area contributed by atoms with Crippen LogP contribution in [-0.2, 0) is 16.0 Å². The Bertz CT molecular complexity index is 1270. The molecule has 38 heavy (non-hydrogen) atoms. The van der Waals surface area contributed by atoms with Gasteiger partial charge in [-0.1, -0.05) is 12.1 Å². The molecule has 0 aliphatic carbocycles. The van der Waals surface area contributed by atoms with Gasteiger partial charge < -0.3 is 25.4 Å². The maximum atomic E-state index is 13.5. The molecule has 3 aromatic rings. The van der Waals surface area contributed by atoms with Gasteiger partial charge in [-0.2, -0.15) is 0 Å². The third-order valence-corrected chi connectivity index (χ3v) is 6.39. The lowest BCUT2D eigenvalue weighted by Crippen LogP contribution is -2.39. The maximum absolute atomic E-state index is 13.5. The van der Waals surface area contributed by atoms with Crippen molar-refractivity contribution in [3.05, 3.63) is 78.2 Å². The van der Waals surface area contributed by atoms with Gasteiger partial charge in [0.05, 0.1) is 25.4 Å². The van der Waals surface area contributed by atoms with Crippen LogP contribution in [0.3, 0.4) is 0 Å². The topological polar surface area (TPSA) is 110 Å². The summed E-state index contributed by atoms with van der Waals surface area (Å²) in [6, 6.07) is 15.5. The normalized spacial score (nSPS) is 15.1. The molecule has 0 saturated carbocycles. The number of nitrogens with two attached hydrogens (primary N) is 1. The van der Waals surface area contributed by atoms with Crippen molar-refractivity contribution >= 4 is 40.6 Å². The van der Waals surface area contributed by atoms with E-state index < -0.39 is 17.8 Å². The number of anilines is 2. The second-order valence-corrected chi connectivity index (χ2v) is 8.87. The second-order valence-electron chi connectivity index (χ2n) is 8.51. The van der Waals surface area contributed by atoms with Crippen LogP contribution in [0.2, 0.25) is 0 Å². The van der Waals surface area contributed by atoms with Gasteiger partial charge in [0, 0.05) is 13.1 Å². The zero-order valence-corrected chi connectivity index (χ0v) is 21.6. The van der Waals surface area contributed by atoms with Crippen molar-refractivity contribution in [1.29, 1.82) is 0 Å². The van der Waals surface area contributed by atoms with Gasteiger partial charge in [0.1, 0.15) is 35.8 Å². The van der Waals surface area contributed by atoms with E-state index in [0.717, 1.165) is 11.3 Å². The van der Waals surface area contributed by atoms with Gasteiger partial charge in [-0.05, 0) is 72.7 Å². The quantitative estimate of drug-likeness (QED) is 0.359. The Kier molecular flexibility index (Phi) is 8.82. The molecule has 2 aromatic carbocycles. The number of hydrogen-bond acceptors (Lipinski definition) is 7. The molecule has 2 amide bonds. The molecule has 198 valence electrons. The molecule has 4 rings (SSSR count). The van der Waals surface area contributed by atoms with Crippen molar-refractivity contribution in [2.45, 2.75) is 18.9 Å². The average molecular weight is 538 g/mol. The largest absolute Gasteiger partial charge is 0.495 e. The Morgan fingerprint density at radius 2 is 1.82 bits per heavy atom. The number of ether oxygens (including phenoxy) is 2. The predicted molar refractivity (Wildman–Crippen MR) is 146 cm³/mol. The minimum absolute atomic E-state index is 0.143. The number of hydrogen-bond donors (Lipinski definition) is 2. The zero-order chi connectivity index (χ0) is 27.1. The minimum atomic E-state index is -0.835. The average Bonchev–Trinajstić information content (AvgIpc) is 3.16. The number of nitrogens with zero attached hydrogens (tertiary/aromatic N) is 3. The number of aromatic nitrogens is 1. The van der Waals surface area contributed by atoms with Gasteiger partial charge >= 0.3 is 0 Å². The fraction of sp³-hybridized carbons (Fsp3) is 0.259. The summed E-state index contributed by atoms with van der Waals surface area (Å²) in [5.74, 6) is 0.434. The smallest absolute Gasteiger partial charge is 0.256 e. The molecule has 1 atom stereocenters. The number of nitrogens with one attached hydrogen (secondary N) is 1. The lowest BCUT2D eigenvalue weighted by molar-refractivity contribution is -0.124. The number of methoxy groups -OCH3 is 1. The number of thiocarbonyl (C=S) groups is 1. The molecule has 1 aliphatic heterocycles. The SMILES string of the molecule is COc1ccc(NC(=O)CC2C(=O)N(c3ccc(F)cc3)C(=S)N2CCc2ccc(OCCN)cc2)nc1. The molecule has 2 heterocycles. The van der Waals surface area contributed by atoms with Crippen molar-refractivity contribution in [1.82, 2.24) is 9.88 Å². The summed E-state index contributed by atoms with van der Waals surface area (Å²) in [6.07, 6.45) is 1.91. The molecule has 0 radical (unpaired) electrons. The minimum Gasteiger partial charge on any atom is -0.495 e. The fourth-order valence-electron chi connectivity index (χ4n) is 4.04. The molecule has 0 spiro atoms. The first kappa shape index (κ1) is 27.0. The summed E-state index contributed by atoms with van der Waals surface area (Å²) in [5, 5.41) is 2.97. The highest BCUT2D eigenvalue weighted by atomic mass is 32.1. The van der Waals surface area contributed by atoms with Crippen LogP contribution >= 0.6 is 12.2 Å². The third kappa shape index (κ3) is 6.42. The highest BCUT2D eigenvalue weighted by Crippen LogP contribution is 2.28. The fourth-order valence-corrected chi connectivity index (χ4v) is 4.45. The van der Waals surface area contributed by atoms with E-state index in [9.17, 15) is 14.0 Å². The van der Waals surface area contributed by atoms with E-state index in [4.69, 9.17) is 27.4 Å². The van der Waals surface area contributed by atoms with Crippen LogP contribution in [-0.4, -0.2) is 59.7 Å². The second kappa shape index (κ2) is 12.4. The van der Waals surface area contributed by atoms with Crippen LogP contribution < -0.4 is 25.4 Å². The molecule has 1 aliphatic rings. The molecule has 3 N–H and O–H groups in total. The van der Waals surface area contributed by atoms with E-state index in [2.05, 4.69) is 10.3 Å². The Morgan fingerprint density at radius 3 is 2.45 bits per heavy atom. The molecule has 9 nitrogen and oxygen atoms in total. The highest BCUT2D eigenvalue weighted by molar-refractivity contribution is 7.80. The van der Waals surface area contributed by atoms with Gasteiger partial charge in [-0.25, -0.2) is 9.37 Å². The van der Waals surface area contributed by atoms with Crippen LogP contribution in [0.4, 0.5) is 15.9 Å². The van der Waals surface area contributed by atoms with E-state index in [1.807, 2.05) is 24.3 Å². The Balaban J connectivity index is 1.50. The number of halogens is 1. The number of amides is 2. The van der Waals surface area contributed by atoms with Gasteiger partial charge in [0.2, 0.25) is 5.91 Å². The van der Waals surface area contributed by atoms with Crippen LogP contribution in [0.1, 0.15) is 12.0 Å². The number of rotatable bonds is 11. The van der Waals surface area contributed by atoms with E-state index in [0.29, 0.717) is 43.4 Å². The summed E-state index contributed by atoms with van der Waals surface area (Å²) in [6.45, 7) is 1.25. The summed E-state index contributed by atoms with van der Waals surface area (Å²) in [5.41, 5.74) is 6.92. The van der Waals surface area contributed by atoms with Crippen molar-refractivity contribution < 1.29 is 23.5 Å². The summed E-state index contributed by atoms with van der Waals surface area (Å²) in [4.78, 5) is 33.6. The molecule has 1 aromatic heterocycles. The molecule has 1 saturated heterocycles. The van der Waals surface area contributed by atoms with Crippen LogP contribution in [0.15, 0.2) is 66.9 Å². The third-order valence-electron chi connectivity index (χ3n) is 5.97. The van der Waals surface area contributed by atoms with Crippen molar-refractivity contribution in [2.75, 3.05) is 37.0 Å². The van der Waals surface area contributed by atoms with Gasteiger partial charge in [0.25, 0.3) is 5.91 Å².